The van der Waals surface area contributed by atoms with Gasteiger partial charge < -0.3 is 0 Å². The first-order valence-electron chi connectivity index (χ1n) is 6.78. The van der Waals surface area contributed by atoms with Crippen molar-refractivity contribution in [2.75, 3.05) is 0 Å². The Morgan fingerprint density at radius 3 is 2.11 bits per heavy atom. The van der Waals surface area contributed by atoms with Crippen LogP contribution in [-0.4, -0.2) is 0 Å². The molecule has 0 aliphatic rings. The molecule has 0 saturated carbocycles. The Morgan fingerprint density at radius 1 is 0.944 bits per heavy atom. The molecular formula is C18H26. The van der Waals surface area contributed by atoms with Gasteiger partial charge in [-0.2, -0.15) is 0 Å². The van der Waals surface area contributed by atoms with Crippen molar-refractivity contribution < 1.29 is 0 Å². The van der Waals surface area contributed by atoms with Crippen molar-refractivity contribution in [3.63, 3.8) is 0 Å². The summed E-state index contributed by atoms with van der Waals surface area (Å²) in [6, 6.07) is 10.4. The van der Waals surface area contributed by atoms with E-state index >= 15 is 0 Å². The zero-order chi connectivity index (χ0) is 13.5. The molecule has 0 saturated heterocycles. The van der Waals surface area contributed by atoms with Crippen LogP contribution in [0.3, 0.4) is 0 Å². The van der Waals surface area contributed by atoms with Crippen LogP contribution in [0.5, 0.6) is 0 Å². The van der Waals surface area contributed by atoms with Crippen molar-refractivity contribution in [3.05, 3.63) is 67.3 Å². The normalized spacial score (nSPS) is 9.61. The Balaban J connectivity index is 0.000000494. The summed E-state index contributed by atoms with van der Waals surface area (Å²) in [5.41, 5.74) is 1.28. The molecule has 0 spiro atoms. The second-order valence-corrected chi connectivity index (χ2v) is 4.11. The number of hydrogen-bond donors (Lipinski definition) is 0. The van der Waals surface area contributed by atoms with E-state index in [1.807, 2.05) is 18.2 Å². The Hall–Kier alpha value is -1.56. The van der Waals surface area contributed by atoms with E-state index in [2.05, 4.69) is 56.5 Å². The Morgan fingerprint density at radius 2 is 1.61 bits per heavy atom. The van der Waals surface area contributed by atoms with Crippen LogP contribution < -0.4 is 0 Å². The highest BCUT2D eigenvalue weighted by Crippen LogP contribution is 2.04. The predicted octanol–water partition coefficient (Wildman–Crippen LogP) is 6.03. The molecule has 0 aliphatic heterocycles. The van der Waals surface area contributed by atoms with Crippen LogP contribution in [0.25, 0.3) is 6.08 Å². The average Bonchev–Trinajstić information content (AvgIpc) is 2.41. The van der Waals surface area contributed by atoms with Crippen molar-refractivity contribution >= 4 is 6.08 Å². The highest BCUT2D eigenvalue weighted by Gasteiger charge is 1.82. The zero-order valence-corrected chi connectivity index (χ0v) is 11.6. The van der Waals surface area contributed by atoms with Crippen LogP contribution in [0.15, 0.2) is 61.7 Å². The molecule has 0 nitrogen and oxygen atoms in total. The lowest BCUT2D eigenvalue weighted by Crippen LogP contribution is -1.70. The lowest BCUT2D eigenvalue weighted by molar-refractivity contribution is 0.872. The first-order chi connectivity index (χ1) is 8.85. The van der Waals surface area contributed by atoms with Gasteiger partial charge in [-0.3, -0.25) is 0 Å². The van der Waals surface area contributed by atoms with E-state index in [9.17, 15) is 0 Å². The van der Waals surface area contributed by atoms with Gasteiger partial charge in [-0.15, -0.1) is 13.2 Å². The summed E-state index contributed by atoms with van der Waals surface area (Å²) in [7, 11) is 0. The summed E-state index contributed by atoms with van der Waals surface area (Å²) in [5, 5.41) is 0. The Kier molecular flexibility index (Phi) is 12.3. The second kappa shape index (κ2) is 13.5. The minimum absolute atomic E-state index is 1.11. The van der Waals surface area contributed by atoms with Crippen molar-refractivity contribution in [2.45, 2.75) is 39.0 Å². The maximum Gasteiger partial charge on any atom is -0.0260 e. The lowest BCUT2D eigenvalue weighted by atomic mass is 10.1. The first-order valence-corrected chi connectivity index (χ1v) is 6.78. The minimum Gasteiger partial charge on any atom is -0.103 e. The molecule has 98 valence electrons. The third-order valence-corrected chi connectivity index (χ3v) is 2.38. The van der Waals surface area contributed by atoms with Crippen LogP contribution in [0.4, 0.5) is 0 Å². The SMILES string of the molecule is C=CCCC.C=CCCCC=Cc1ccccc1. The topological polar surface area (TPSA) is 0 Å². The van der Waals surface area contributed by atoms with E-state index in [-0.39, 0.29) is 0 Å². The number of hydrogen-bond acceptors (Lipinski definition) is 0. The van der Waals surface area contributed by atoms with Crippen LogP contribution in [-0.2, 0) is 0 Å². The van der Waals surface area contributed by atoms with E-state index in [0.29, 0.717) is 0 Å². The van der Waals surface area contributed by atoms with Gasteiger partial charge in [0.15, 0.2) is 0 Å². The Bertz CT molecular complexity index is 319. The van der Waals surface area contributed by atoms with Gasteiger partial charge in [0.1, 0.15) is 0 Å². The second-order valence-electron chi connectivity index (χ2n) is 4.11. The molecule has 0 unspecified atom stereocenters. The molecule has 0 heterocycles. The number of unbranched alkanes of at least 4 members (excludes halogenated alkanes) is 3. The van der Waals surface area contributed by atoms with Gasteiger partial charge in [0, 0.05) is 0 Å². The van der Waals surface area contributed by atoms with Crippen molar-refractivity contribution in [3.8, 4) is 0 Å². The third-order valence-electron chi connectivity index (χ3n) is 2.38. The van der Waals surface area contributed by atoms with Crippen molar-refractivity contribution in [1.82, 2.24) is 0 Å². The van der Waals surface area contributed by atoms with Crippen molar-refractivity contribution in [1.29, 1.82) is 0 Å². The summed E-state index contributed by atoms with van der Waals surface area (Å²) in [6.07, 6.45) is 14.1. The predicted molar refractivity (Wildman–Crippen MR) is 84.6 cm³/mol. The van der Waals surface area contributed by atoms with E-state index in [4.69, 9.17) is 0 Å². The molecule has 0 aliphatic carbocycles. The molecule has 1 aromatic carbocycles. The molecule has 18 heavy (non-hydrogen) atoms. The molecule has 0 bridgehead atoms. The standard InChI is InChI=1S/C13H16.C5H10/c1-2-3-4-5-7-10-13-11-8-6-9-12-13;1-3-5-4-2/h2,6-12H,1,3-5H2;3H,1,4-5H2,2H3. The molecule has 1 aromatic rings. The van der Waals surface area contributed by atoms with E-state index in [1.165, 1.54) is 18.4 Å². The van der Waals surface area contributed by atoms with Crippen LogP contribution in [0.1, 0.15) is 44.6 Å². The molecule has 0 amide bonds. The van der Waals surface area contributed by atoms with Crippen molar-refractivity contribution in [2.24, 2.45) is 0 Å². The van der Waals surface area contributed by atoms with Gasteiger partial charge in [0.2, 0.25) is 0 Å². The summed E-state index contributed by atoms with van der Waals surface area (Å²) >= 11 is 0. The van der Waals surface area contributed by atoms with Crippen LogP contribution in [0, 0.1) is 0 Å². The average molecular weight is 242 g/mol. The quantitative estimate of drug-likeness (QED) is 0.404. The molecular weight excluding hydrogens is 216 g/mol. The van der Waals surface area contributed by atoms with E-state index in [0.717, 1.165) is 19.3 Å². The van der Waals surface area contributed by atoms with E-state index < -0.39 is 0 Å². The van der Waals surface area contributed by atoms with Gasteiger partial charge in [-0.25, -0.2) is 0 Å². The lowest BCUT2D eigenvalue weighted by Gasteiger charge is -1.91. The number of rotatable bonds is 7. The van der Waals surface area contributed by atoms with Gasteiger partial charge in [-0.1, -0.05) is 68.0 Å². The first kappa shape index (κ1) is 16.4. The maximum absolute atomic E-state index is 3.69. The largest absolute Gasteiger partial charge is 0.103 e. The minimum atomic E-state index is 1.11. The number of allylic oxidation sites excluding steroid dienone is 3. The maximum atomic E-state index is 3.69. The zero-order valence-electron chi connectivity index (χ0n) is 11.6. The highest BCUT2D eigenvalue weighted by molar-refractivity contribution is 5.48. The Labute approximate surface area is 113 Å². The fraction of sp³-hybridized carbons (Fsp3) is 0.333. The summed E-state index contributed by atoms with van der Waals surface area (Å²) in [5.74, 6) is 0. The van der Waals surface area contributed by atoms with Gasteiger partial charge >= 0.3 is 0 Å². The van der Waals surface area contributed by atoms with Gasteiger partial charge in [0.25, 0.3) is 0 Å². The molecule has 0 aromatic heterocycles. The van der Waals surface area contributed by atoms with Gasteiger partial charge in [-0.05, 0) is 31.2 Å². The molecule has 0 heteroatoms. The molecule has 0 fully saturated rings. The molecule has 0 radical (unpaired) electrons. The summed E-state index contributed by atoms with van der Waals surface area (Å²) in [4.78, 5) is 0. The molecule has 0 atom stereocenters. The van der Waals surface area contributed by atoms with Crippen LogP contribution in [0.2, 0.25) is 0 Å². The number of benzene rings is 1. The summed E-state index contributed by atoms with van der Waals surface area (Å²) < 4.78 is 0. The van der Waals surface area contributed by atoms with Gasteiger partial charge in [0.05, 0.1) is 0 Å². The monoisotopic (exact) mass is 242 g/mol. The fourth-order valence-corrected chi connectivity index (χ4v) is 1.37. The molecule has 0 N–H and O–H groups in total. The fourth-order valence-electron chi connectivity index (χ4n) is 1.37. The highest BCUT2D eigenvalue weighted by atomic mass is 13.9. The summed E-state index contributed by atoms with van der Waals surface area (Å²) in [6.45, 7) is 9.38. The molecule has 1 rings (SSSR count). The smallest absolute Gasteiger partial charge is 0.0260 e. The third kappa shape index (κ3) is 10.9. The van der Waals surface area contributed by atoms with Crippen LogP contribution >= 0.6 is 0 Å². The van der Waals surface area contributed by atoms with E-state index in [1.54, 1.807) is 0 Å².